The summed E-state index contributed by atoms with van der Waals surface area (Å²) in [6.45, 7) is -1.07. The highest BCUT2D eigenvalue weighted by Crippen LogP contribution is 2.31. The second-order valence-corrected chi connectivity index (χ2v) is 9.64. The molecule has 3 rings (SSSR count). The Labute approximate surface area is 186 Å². The van der Waals surface area contributed by atoms with E-state index in [0.717, 1.165) is 11.1 Å². The molecule has 0 saturated carbocycles. The van der Waals surface area contributed by atoms with E-state index < -0.39 is 34.7 Å². The Morgan fingerprint density at radius 3 is 2.06 bits per heavy atom. The first-order valence-corrected chi connectivity index (χ1v) is 11.3. The van der Waals surface area contributed by atoms with E-state index in [1.807, 2.05) is 31.1 Å². The average Bonchev–Trinajstić information content (AvgIpc) is 2.78. The summed E-state index contributed by atoms with van der Waals surface area (Å²) in [6, 6.07) is 16.4. The fourth-order valence-electron chi connectivity index (χ4n) is 3.16. The van der Waals surface area contributed by atoms with E-state index in [1.54, 1.807) is 18.2 Å². The number of halogens is 2. The zero-order valence-electron chi connectivity index (χ0n) is 18.0. The number of fused-ring (bicyclic) bond motifs is 1. The minimum Gasteiger partial charge on any atom is -0.377 e. The quantitative estimate of drug-likeness (QED) is 0.514. The maximum Gasteiger partial charge on any atom is 0.262 e. The van der Waals surface area contributed by atoms with E-state index in [9.17, 15) is 22.0 Å². The SMILES string of the molecule is CN(C)c1cccc2c(S(=O)(=O)Nc3ccc(NC(=O)C(C)(CF)CF)cc3)cccc12. The molecular weight excluding hydrogens is 436 g/mol. The molecule has 0 saturated heterocycles. The standard InChI is InChI=1S/C23H25F2N3O3S/c1-23(14-24,15-25)22(29)26-16-10-12-17(13-11-16)27-32(30,31)21-9-5-6-18-19(21)7-4-8-20(18)28(2)3/h4-13,27H,14-15H2,1-3H3,(H,26,29). The predicted molar refractivity (Wildman–Crippen MR) is 124 cm³/mol. The van der Waals surface area contributed by atoms with Gasteiger partial charge in [0.2, 0.25) is 5.91 Å². The lowest BCUT2D eigenvalue weighted by Gasteiger charge is -2.21. The van der Waals surface area contributed by atoms with Crippen molar-refractivity contribution in [3.05, 3.63) is 60.7 Å². The largest absolute Gasteiger partial charge is 0.377 e. The summed E-state index contributed by atoms with van der Waals surface area (Å²) in [5, 5.41) is 3.84. The second-order valence-electron chi connectivity index (χ2n) is 7.99. The van der Waals surface area contributed by atoms with Gasteiger partial charge in [-0.2, -0.15) is 0 Å². The van der Waals surface area contributed by atoms with Crippen molar-refractivity contribution in [3.8, 4) is 0 Å². The molecule has 0 aliphatic carbocycles. The number of amides is 1. The summed E-state index contributed by atoms with van der Waals surface area (Å²) >= 11 is 0. The molecule has 0 unspecified atom stereocenters. The molecule has 1 amide bonds. The maximum atomic E-state index is 13.1. The van der Waals surface area contributed by atoms with Gasteiger partial charge in [-0.25, -0.2) is 17.2 Å². The van der Waals surface area contributed by atoms with E-state index in [0.29, 0.717) is 11.1 Å². The van der Waals surface area contributed by atoms with E-state index in [2.05, 4.69) is 10.0 Å². The van der Waals surface area contributed by atoms with Crippen LogP contribution in [0.4, 0.5) is 25.8 Å². The molecule has 0 heterocycles. The Bertz CT molecular complexity index is 1220. The molecule has 0 aliphatic rings. The van der Waals surface area contributed by atoms with Crippen molar-refractivity contribution in [1.29, 1.82) is 0 Å². The highest BCUT2D eigenvalue weighted by Gasteiger charge is 2.33. The number of hydrogen-bond donors (Lipinski definition) is 2. The topological polar surface area (TPSA) is 78.5 Å². The third-order valence-electron chi connectivity index (χ3n) is 5.16. The van der Waals surface area contributed by atoms with Gasteiger partial charge < -0.3 is 10.2 Å². The van der Waals surface area contributed by atoms with E-state index in [-0.39, 0.29) is 10.6 Å². The molecular formula is C23H25F2N3O3S. The van der Waals surface area contributed by atoms with E-state index in [1.165, 1.54) is 37.3 Å². The van der Waals surface area contributed by atoms with Gasteiger partial charge in [-0.15, -0.1) is 0 Å². The zero-order chi connectivity index (χ0) is 23.5. The highest BCUT2D eigenvalue weighted by molar-refractivity contribution is 7.93. The van der Waals surface area contributed by atoms with Gasteiger partial charge in [0, 0.05) is 41.9 Å². The average molecular weight is 462 g/mol. The fraction of sp³-hybridized carbons (Fsp3) is 0.261. The van der Waals surface area contributed by atoms with Gasteiger partial charge in [0.25, 0.3) is 10.0 Å². The Hall–Kier alpha value is -3.20. The first-order valence-electron chi connectivity index (χ1n) is 9.86. The number of anilines is 3. The van der Waals surface area contributed by atoms with Crippen LogP contribution in [0.2, 0.25) is 0 Å². The van der Waals surface area contributed by atoms with Gasteiger partial charge in [-0.1, -0.05) is 24.3 Å². The normalized spacial score (nSPS) is 11.9. The minimum absolute atomic E-state index is 0.137. The Balaban J connectivity index is 1.85. The number of carbonyl (C=O) groups is 1. The smallest absolute Gasteiger partial charge is 0.262 e. The third-order valence-corrected chi connectivity index (χ3v) is 6.60. The minimum atomic E-state index is -3.90. The van der Waals surface area contributed by atoms with Crippen molar-refractivity contribution in [2.45, 2.75) is 11.8 Å². The van der Waals surface area contributed by atoms with Crippen LogP contribution in [0.25, 0.3) is 10.8 Å². The second kappa shape index (κ2) is 9.12. The lowest BCUT2D eigenvalue weighted by molar-refractivity contribution is -0.126. The molecule has 9 heteroatoms. The van der Waals surface area contributed by atoms with Crippen LogP contribution in [-0.4, -0.2) is 41.8 Å². The Morgan fingerprint density at radius 2 is 1.47 bits per heavy atom. The molecule has 6 nitrogen and oxygen atoms in total. The number of sulfonamides is 1. The molecule has 3 aromatic rings. The number of nitrogens with zero attached hydrogens (tertiary/aromatic N) is 1. The number of rotatable bonds is 8. The number of hydrogen-bond acceptors (Lipinski definition) is 4. The number of alkyl halides is 2. The number of carbonyl (C=O) groups excluding carboxylic acids is 1. The van der Waals surface area contributed by atoms with Gasteiger partial charge in [0.1, 0.15) is 18.8 Å². The molecule has 0 aromatic heterocycles. The van der Waals surface area contributed by atoms with Crippen molar-refractivity contribution in [2.24, 2.45) is 5.41 Å². The molecule has 3 aromatic carbocycles. The molecule has 0 bridgehead atoms. The van der Waals surface area contributed by atoms with Gasteiger partial charge in [-0.3, -0.25) is 9.52 Å². The number of benzene rings is 3. The molecule has 170 valence electrons. The summed E-state index contributed by atoms with van der Waals surface area (Å²) in [7, 11) is -0.130. The van der Waals surface area contributed by atoms with E-state index >= 15 is 0 Å². The van der Waals surface area contributed by atoms with Crippen molar-refractivity contribution < 1.29 is 22.0 Å². The first-order chi connectivity index (χ1) is 15.1. The van der Waals surface area contributed by atoms with Crippen molar-refractivity contribution >= 4 is 43.8 Å². The summed E-state index contributed by atoms with van der Waals surface area (Å²) in [5.74, 6) is -0.789. The molecule has 0 atom stereocenters. The van der Waals surface area contributed by atoms with Crippen molar-refractivity contribution in [3.63, 3.8) is 0 Å². The fourth-order valence-corrected chi connectivity index (χ4v) is 4.44. The molecule has 0 fully saturated rings. The van der Waals surface area contributed by atoms with Gasteiger partial charge >= 0.3 is 0 Å². The van der Waals surface area contributed by atoms with Gasteiger partial charge in [0.15, 0.2) is 0 Å². The van der Waals surface area contributed by atoms with Gasteiger partial charge in [0.05, 0.1) is 4.90 Å². The van der Waals surface area contributed by atoms with Crippen LogP contribution < -0.4 is 14.9 Å². The van der Waals surface area contributed by atoms with Crippen LogP contribution in [0.1, 0.15) is 6.92 Å². The van der Waals surface area contributed by atoms with Crippen LogP contribution in [0.5, 0.6) is 0 Å². The number of nitrogens with one attached hydrogen (secondary N) is 2. The summed E-state index contributed by atoms with van der Waals surface area (Å²) in [4.78, 5) is 14.1. The molecule has 0 aliphatic heterocycles. The van der Waals surface area contributed by atoms with Gasteiger partial charge in [-0.05, 0) is 43.3 Å². The zero-order valence-corrected chi connectivity index (χ0v) is 18.8. The van der Waals surface area contributed by atoms with Crippen LogP contribution in [-0.2, 0) is 14.8 Å². The highest BCUT2D eigenvalue weighted by atomic mass is 32.2. The predicted octanol–water partition coefficient (Wildman–Crippen LogP) is 4.59. The molecule has 0 spiro atoms. The summed E-state index contributed by atoms with van der Waals surface area (Å²) < 4.78 is 54.7. The van der Waals surface area contributed by atoms with Crippen molar-refractivity contribution in [2.75, 3.05) is 42.4 Å². The van der Waals surface area contributed by atoms with Crippen LogP contribution in [0.3, 0.4) is 0 Å². The Morgan fingerprint density at radius 1 is 0.906 bits per heavy atom. The van der Waals surface area contributed by atoms with Crippen LogP contribution >= 0.6 is 0 Å². The third kappa shape index (κ3) is 4.67. The lowest BCUT2D eigenvalue weighted by atomic mass is 9.93. The lowest BCUT2D eigenvalue weighted by Crippen LogP contribution is -2.37. The summed E-state index contributed by atoms with van der Waals surface area (Å²) in [6.07, 6.45) is 0. The monoisotopic (exact) mass is 461 g/mol. The van der Waals surface area contributed by atoms with E-state index in [4.69, 9.17) is 0 Å². The first kappa shape index (κ1) is 23.5. The maximum absolute atomic E-state index is 13.1. The summed E-state index contributed by atoms with van der Waals surface area (Å²) in [5.41, 5.74) is -0.289. The molecule has 0 radical (unpaired) electrons. The van der Waals surface area contributed by atoms with Crippen LogP contribution in [0.15, 0.2) is 65.6 Å². The molecule has 2 N–H and O–H groups in total. The van der Waals surface area contributed by atoms with Crippen molar-refractivity contribution in [1.82, 2.24) is 0 Å². The molecule has 32 heavy (non-hydrogen) atoms. The Kier molecular flexibility index (Phi) is 6.68. The van der Waals surface area contributed by atoms with Crippen LogP contribution in [0, 0.1) is 5.41 Å².